The predicted molar refractivity (Wildman–Crippen MR) is 58.5 cm³/mol. The van der Waals surface area contributed by atoms with E-state index in [1.165, 1.54) is 6.08 Å². The molecule has 0 heterocycles. The van der Waals surface area contributed by atoms with Crippen molar-refractivity contribution in [1.29, 1.82) is 0 Å². The largest absolute Gasteiger partial charge is 1.00 e. The second-order valence-electron chi connectivity index (χ2n) is 3.83. The number of hydroxylamine groups is 3. The maximum absolute atomic E-state index is 11.1. The summed E-state index contributed by atoms with van der Waals surface area (Å²) >= 11 is 0. The Hall–Kier alpha value is -1.13. The van der Waals surface area contributed by atoms with Crippen molar-refractivity contribution in [2.75, 3.05) is 14.1 Å². The summed E-state index contributed by atoms with van der Waals surface area (Å²) in [6, 6.07) is 9.89. The Bertz CT molecular complexity index is 349. The zero-order valence-corrected chi connectivity index (χ0v) is 11.1. The number of carbonyl (C=O) groups excluding carboxylic acids is 1. The SMILES string of the molecule is C=CC(=O)O[N+](C)(C)Cc1ccccc1.[Br-]. The van der Waals surface area contributed by atoms with Crippen molar-refractivity contribution in [2.45, 2.75) is 6.54 Å². The summed E-state index contributed by atoms with van der Waals surface area (Å²) in [7, 11) is 3.66. The van der Waals surface area contributed by atoms with Gasteiger partial charge in [0.05, 0.1) is 0 Å². The Morgan fingerprint density at radius 2 is 1.94 bits per heavy atom. The van der Waals surface area contributed by atoms with Gasteiger partial charge in [0.15, 0.2) is 0 Å². The van der Waals surface area contributed by atoms with E-state index in [-0.39, 0.29) is 21.6 Å². The molecule has 0 unspecified atom stereocenters. The molecular weight excluding hydrogens is 270 g/mol. The minimum Gasteiger partial charge on any atom is -1.00 e. The highest BCUT2D eigenvalue weighted by Crippen LogP contribution is 2.09. The molecule has 0 saturated carbocycles. The van der Waals surface area contributed by atoms with Gasteiger partial charge in [-0.15, -0.1) is 4.65 Å². The molecule has 0 aromatic heterocycles. The van der Waals surface area contributed by atoms with Crippen molar-refractivity contribution in [3.05, 3.63) is 48.6 Å². The van der Waals surface area contributed by atoms with E-state index in [9.17, 15) is 4.79 Å². The highest BCUT2D eigenvalue weighted by atomic mass is 79.9. The Kier molecular flexibility index (Phi) is 6.00. The summed E-state index contributed by atoms with van der Waals surface area (Å²) in [4.78, 5) is 16.2. The summed E-state index contributed by atoms with van der Waals surface area (Å²) in [5.74, 6) is -0.407. The highest BCUT2D eigenvalue weighted by molar-refractivity contribution is 5.80. The number of nitrogens with zero attached hydrogens (tertiary/aromatic N) is 1. The summed E-state index contributed by atoms with van der Waals surface area (Å²) in [5.41, 5.74) is 1.12. The standard InChI is InChI=1S/C12H16NO2.BrH/c1-4-12(14)15-13(2,3)10-11-8-6-5-7-9-11;/h4-9H,1,10H2,2-3H3;1H/q+1;/p-1. The second-order valence-corrected chi connectivity index (χ2v) is 3.83. The van der Waals surface area contributed by atoms with Gasteiger partial charge < -0.3 is 17.0 Å². The summed E-state index contributed by atoms with van der Waals surface area (Å²) in [6.07, 6.45) is 1.17. The Morgan fingerprint density at radius 3 is 2.44 bits per heavy atom. The predicted octanol–water partition coefficient (Wildman–Crippen LogP) is -1.09. The topological polar surface area (TPSA) is 26.3 Å². The Labute approximate surface area is 107 Å². The van der Waals surface area contributed by atoms with Gasteiger partial charge in [-0.25, -0.2) is 4.79 Å². The first-order valence-electron chi connectivity index (χ1n) is 4.76. The lowest BCUT2D eigenvalue weighted by atomic mass is 10.2. The molecule has 3 nitrogen and oxygen atoms in total. The van der Waals surface area contributed by atoms with Crippen LogP contribution in [0.2, 0.25) is 0 Å². The van der Waals surface area contributed by atoms with Crippen LogP contribution in [0.3, 0.4) is 0 Å². The molecule has 16 heavy (non-hydrogen) atoms. The van der Waals surface area contributed by atoms with Gasteiger partial charge in [0.2, 0.25) is 0 Å². The van der Waals surface area contributed by atoms with Crippen LogP contribution in [0, 0.1) is 0 Å². The number of carbonyl (C=O) groups is 1. The summed E-state index contributed by atoms with van der Waals surface area (Å²) in [6.45, 7) is 4.01. The average molecular weight is 286 g/mol. The molecule has 1 aromatic rings. The molecule has 0 atom stereocenters. The molecule has 0 amide bonds. The van der Waals surface area contributed by atoms with E-state index in [1.807, 2.05) is 44.4 Å². The molecule has 4 heteroatoms. The lowest BCUT2D eigenvalue weighted by molar-refractivity contribution is -1.07. The number of hydrogen-bond acceptors (Lipinski definition) is 2. The first-order chi connectivity index (χ1) is 7.03. The normalized spacial score (nSPS) is 10.1. The van der Waals surface area contributed by atoms with Crippen LogP contribution in [0.4, 0.5) is 0 Å². The molecule has 0 bridgehead atoms. The van der Waals surface area contributed by atoms with E-state index in [0.29, 0.717) is 6.54 Å². The lowest BCUT2D eigenvalue weighted by Crippen LogP contribution is -3.00. The second kappa shape index (κ2) is 6.45. The number of hydrogen-bond donors (Lipinski definition) is 0. The molecule has 0 saturated heterocycles. The molecule has 0 radical (unpaired) electrons. The maximum Gasteiger partial charge on any atom is 0.389 e. The van der Waals surface area contributed by atoms with Crippen LogP contribution in [0.25, 0.3) is 0 Å². The average Bonchev–Trinajstić information content (AvgIpc) is 2.17. The van der Waals surface area contributed by atoms with Crippen LogP contribution in [0.1, 0.15) is 5.56 Å². The molecule has 0 aliphatic rings. The van der Waals surface area contributed by atoms with Crippen LogP contribution < -0.4 is 17.0 Å². The number of quaternary nitrogens is 1. The van der Waals surface area contributed by atoms with Crippen molar-refractivity contribution >= 4 is 5.97 Å². The monoisotopic (exact) mass is 285 g/mol. The van der Waals surface area contributed by atoms with E-state index in [4.69, 9.17) is 4.84 Å². The van der Waals surface area contributed by atoms with Gasteiger partial charge in [-0.2, -0.15) is 0 Å². The van der Waals surface area contributed by atoms with Gasteiger partial charge >= 0.3 is 5.97 Å². The van der Waals surface area contributed by atoms with E-state index in [0.717, 1.165) is 5.56 Å². The summed E-state index contributed by atoms with van der Waals surface area (Å²) in [5, 5.41) is 0. The fourth-order valence-corrected chi connectivity index (χ4v) is 1.34. The van der Waals surface area contributed by atoms with Gasteiger partial charge in [-0.3, -0.25) is 4.84 Å². The quantitative estimate of drug-likeness (QED) is 0.399. The van der Waals surface area contributed by atoms with Crippen molar-refractivity contribution in [3.63, 3.8) is 0 Å². The van der Waals surface area contributed by atoms with Gasteiger partial charge in [0.1, 0.15) is 20.6 Å². The van der Waals surface area contributed by atoms with Crippen molar-refractivity contribution < 1.29 is 31.3 Å². The molecule has 0 spiro atoms. The third kappa shape index (κ3) is 5.09. The van der Waals surface area contributed by atoms with Crippen molar-refractivity contribution in [1.82, 2.24) is 0 Å². The molecule has 0 aliphatic heterocycles. The maximum atomic E-state index is 11.1. The minimum absolute atomic E-state index is 0. The van der Waals surface area contributed by atoms with Gasteiger partial charge in [0.25, 0.3) is 0 Å². The number of halogens is 1. The molecule has 88 valence electrons. The fourth-order valence-electron chi connectivity index (χ4n) is 1.34. The fraction of sp³-hybridized carbons (Fsp3) is 0.250. The third-order valence-electron chi connectivity index (χ3n) is 1.91. The molecular formula is C12H16BrNO2. The zero-order chi connectivity index (χ0) is 11.3. The van der Waals surface area contributed by atoms with Gasteiger partial charge in [-0.05, 0) is 0 Å². The number of rotatable bonds is 4. The smallest absolute Gasteiger partial charge is 0.389 e. The van der Waals surface area contributed by atoms with Gasteiger partial charge in [0, 0.05) is 11.6 Å². The van der Waals surface area contributed by atoms with E-state index in [2.05, 4.69) is 6.58 Å². The molecule has 0 fully saturated rings. The van der Waals surface area contributed by atoms with Crippen LogP contribution in [-0.4, -0.2) is 24.7 Å². The zero-order valence-electron chi connectivity index (χ0n) is 9.52. The van der Waals surface area contributed by atoms with E-state index >= 15 is 0 Å². The van der Waals surface area contributed by atoms with Crippen molar-refractivity contribution in [2.24, 2.45) is 0 Å². The van der Waals surface area contributed by atoms with E-state index in [1.54, 1.807) is 0 Å². The number of benzene rings is 1. The Morgan fingerprint density at radius 1 is 1.38 bits per heavy atom. The van der Waals surface area contributed by atoms with Crippen LogP contribution in [0.5, 0.6) is 0 Å². The van der Waals surface area contributed by atoms with Crippen molar-refractivity contribution in [3.8, 4) is 0 Å². The minimum atomic E-state index is -0.407. The van der Waals surface area contributed by atoms with Crippen LogP contribution in [-0.2, 0) is 16.2 Å². The van der Waals surface area contributed by atoms with Gasteiger partial charge in [-0.1, -0.05) is 36.9 Å². The first kappa shape index (κ1) is 14.9. The lowest BCUT2D eigenvalue weighted by Gasteiger charge is -2.25. The van der Waals surface area contributed by atoms with Crippen LogP contribution in [0.15, 0.2) is 43.0 Å². The Balaban J connectivity index is 0.00000225. The summed E-state index contributed by atoms with van der Waals surface area (Å²) < 4.78 is 0.162. The molecule has 0 aliphatic carbocycles. The molecule has 0 N–H and O–H groups in total. The third-order valence-corrected chi connectivity index (χ3v) is 1.91. The van der Waals surface area contributed by atoms with Crippen LogP contribution >= 0.6 is 0 Å². The molecule has 1 aromatic carbocycles. The van der Waals surface area contributed by atoms with E-state index < -0.39 is 5.97 Å². The first-order valence-corrected chi connectivity index (χ1v) is 4.76. The molecule has 1 rings (SSSR count). The highest BCUT2D eigenvalue weighted by Gasteiger charge is 2.20.